The van der Waals surface area contributed by atoms with E-state index < -0.39 is 5.72 Å². The Labute approximate surface area is 126 Å². The number of aromatic nitrogens is 1. The highest BCUT2D eigenvalue weighted by Crippen LogP contribution is 2.46. The van der Waals surface area contributed by atoms with E-state index in [-0.39, 0.29) is 0 Å². The molecule has 0 bridgehead atoms. The van der Waals surface area contributed by atoms with E-state index in [1.807, 2.05) is 6.92 Å². The molecule has 21 heavy (non-hydrogen) atoms. The second-order valence-electron chi connectivity index (χ2n) is 6.77. The van der Waals surface area contributed by atoms with E-state index in [0.717, 1.165) is 32.4 Å². The lowest BCUT2D eigenvalue weighted by Gasteiger charge is -2.44. The Morgan fingerprint density at radius 1 is 1.33 bits per heavy atom. The molecule has 2 unspecified atom stereocenters. The van der Waals surface area contributed by atoms with Crippen molar-refractivity contribution in [2.45, 2.75) is 51.3 Å². The van der Waals surface area contributed by atoms with Crippen LogP contribution in [0.5, 0.6) is 0 Å². The van der Waals surface area contributed by atoms with Crippen molar-refractivity contribution in [1.82, 2.24) is 9.47 Å². The molecule has 0 fully saturated rings. The fraction of sp³-hybridized carbons (Fsp3) is 0.556. The monoisotopic (exact) mass is 284 g/mol. The molecule has 2 atom stereocenters. The third-order valence-corrected chi connectivity index (χ3v) is 5.31. The van der Waals surface area contributed by atoms with Crippen molar-refractivity contribution in [1.29, 1.82) is 0 Å². The number of hydrogen-bond acceptors (Lipinski definition) is 2. The SMILES string of the molecule is CCCN1CCc2c3n(c4ccccc24)C(C)(O)CCC31. The van der Waals surface area contributed by atoms with E-state index in [1.165, 1.54) is 28.6 Å². The largest absolute Gasteiger partial charge is 0.371 e. The van der Waals surface area contributed by atoms with Gasteiger partial charge in [-0.05, 0) is 50.8 Å². The summed E-state index contributed by atoms with van der Waals surface area (Å²) in [5, 5.41) is 12.3. The minimum Gasteiger partial charge on any atom is -0.371 e. The standard InChI is InChI=1S/C18H24N2O/c1-3-11-19-12-9-14-13-6-4-5-7-15(13)20-17(14)16(19)8-10-18(20,2)21/h4-7,16,21H,3,8-12H2,1-2H3. The van der Waals surface area contributed by atoms with Gasteiger partial charge in [0, 0.05) is 17.6 Å². The topological polar surface area (TPSA) is 28.4 Å². The van der Waals surface area contributed by atoms with Crippen LogP contribution in [0.2, 0.25) is 0 Å². The molecule has 0 amide bonds. The van der Waals surface area contributed by atoms with Crippen molar-refractivity contribution in [3.05, 3.63) is 35.5 Å². The average molecular weight is 284 g/mol. The van der Waals surface area contributed by atoms with Gasteiger partial charge in [0.2, 0.25) is 0 Å². The fourth-order valence-electron chi connectivity index (χ4n) is 4.44. The maximum Gasteiger partial charge on any atom is 0.139 e. The average Bonchev–Trinajstić information content (AvgIpc) is 2.81. The molecule has 1 N–H and O–H groups in total. The van der Waals surface area contributed by atoms with Gasteiger partial charge in [-0.1, -0.05) is 25.1 Å². The summed E-state index contributed by atoms with van der Waals surface area (Å²) in [5.74, 6) is 0. The van der Waals surface area contributed by atoms with E-state index in [1.54, 1.807) is 0 Å². The Bertz CT molecular complexity index is 686. The van der Waals surface area contributed by atoms with Crippen LogP contribution in [0.1, 0.15) is 50.4 Å². The predicted molar refractivity (Wildman–Crippen MR) is 85.3 cm³/mol. The maximum absolute atomic E-state index is 10.9. The quantitative estimate of drug-likeness (QED) is 0.915. The molecule has 0 saturated heterocycles. The Morgan fingerprint density at radius 3 is 2.95 bits per heavy atom. The number of benzene rings is 1. The molecule has 0 radical (unpaired) electrons. The van der Waals surface area contributed by atoms with Crippen molar-refractivity contribution in [2.75, 3.05) is 13.1 Å². The highest BCUT2D eigenvalue weighted by molar-refractivity contribution is 5.86. The van der Waals surface area contributed by atoms with E-state index in [4.69, 9.17) is 0 Å². The second kappa shape index (κ2) is 4.59. The number of rotatable bonds is 2. The van der Waals surface area contributed by atoms with E-state index in [2.05, 4.69) is 40.7 Å². The van der Waals surface area contributed by atoms with Crippen molar-refractivity contribution < 1.29 is 5.11 Å². The van der Waals surface area contributed by atoms with Crippen molar-refractivity contribution in [2.24, 2.45) is 0 Å². The van der Waals surface area contributed by atoms with Crippen LogP contribution in [0.4, 0.5) is 0 Å². The van der Waals surface area contributed by atoms with Gasteiger partial charge in [0.25, 0.3) is 0 Å². The smallest absolute Gasteiger partial charge is 0.139 e. The van der Waals surface area contributed by atoms with Crippen LogP contribution in [-0.4, -0.2) is 27.7 Å². The lowest BCUT2D eigenvalue weighted by molar-refractivity contribution is -0.0538. The summed E-state index contributed by atoms with van der Waals surface area (Å²) in [4.78, 5) is 2.62. The van der Waals surface area contributed by atoms with Crippen LogP contribution in [0.25, 0.3) is 10.9 Å². The molecule has 3 heteroatoms. The number of fused-ring (bicyclic) bond motifs is 3. The summed E-state index contributed by atoms with van der Waals surface area (Å²) in [7, 11) is 0. The predicted octanol–water partition coefficient (Wildman–Crippen LogP) is 3.41. The molecule has 0 saturated carbocycles. The van der Waals surface area contributed by atoms with Crippen LogP contribution < -0.4 is 0 Å². The highest BCUT2D eigenvalue weighted by atomic mass is 16.3. The molecule has 4 rings (SSSR count). The Balaban J connectivity index is 1.99. The van der Waals surface area contributed by atoms with Gasteiger partial charge in [0.1, 0.15) is 5.72 Å². The van der Waals surface area contributed by atoms with Gasteiger partial charge in [-0.3, -0.25) is 4.90 Å². The van der Waals surface area contributed by atoms with Gasteiger partial charge in [-0.15, -0.1) is 0 Å². The van der Waals surface area contributed by atoms with E-state index in [0.29, 0.717) is 6.04 Å². The molecular formula is C18H24N2O. The third kappa shape index (κ3) is 1.80. The zero-order valence-electron chi connectivity index (χ0n) is 13.0. The minimum absolute atomic E-state index is 0.487. The van der Waals surface area contributed by atoms with Gasteiger partial charge in [0.05, 0.1) is 11.6 Å². The molecule has 3 nitrogen and oxygen atoms in total. The van der Waals surface area contributed by atoms with Gasteiger partial charge in [-0.2, -0.15) is 0 Å². The van der Waals surface area contributed by atoms with Gasteiger partial charge in [-0.25, -0.2) is 0 Å². The zero-order valence-corrected chi connectivity index (χ0v) is 13.0. The first-order valence-electron chi connectivity index (χ1n) is 8.22. The lowest BCUT2D eigenvalue weighted by atomic mass is 9.89. The van der Waals surface area contributed by atoms with Crippen LogP contribution in [0.3, 0.4) is 0 Å². The van der Waals surface area contributed by atoms with Crippen LogP contribution in [0.15, 0.2) is 24.3 Å². The molecule has 2 aliphatic heterocycles. The Hall–Kier alpha value is -1.32. The summed E-state index contributed by atoms with van der Waals surface area (Å²) < 4.78 is 2.23. The molecular weight excluding hydrogens is 260 g/mol. The summed E-state index contributed by atoms with van der Waals surface area (Å²) in [6.45, 7) is 6.54. The zero-order chi connectivity index (χ0) is 14.6. The van der Waals surface area contributed by atoms with Crippen LogP contribution in [-0.2, 0) is 12.1 Å². The van der Waals surface area contributed by atoms with Gasteiger partial charge in [0.15, 0.2) is 0 Å². The van der Waals surface area contributed by atoms with Crippen molar-refractivity contribution in [3.8, 4) is 0 Å². The normalized spacial score (nSPS) is 28.8. The van der Waals surface area contributed by atoms with Crippen molar-refractivity contribution >= 4 is 10.9 Å². The molecule has 2 aliphatic rings. The summed E-state index contributed by atoms with van der Waals surface area (Å²) in [6.07, 6.45) is 4.21. The minimum atomic E-state index is -0.751. The lowest BCUT2D eigenvalue weighted by Crippen LogP contribution is -2.44. The molecule has 1 aromatic carbocycles. The highest BCUT2D eigenvalue weighted by Gasteiger charge is 2.41. The van der Waals surface area contributed by atoms with Gasteiger partial charge < -0.3 is 9.67 Å². The van der Waals surface area contributed by atoms with Gasteiger partial charge >= 0.3 is 0 Å². The molecule has 112 valence electrons. The number of para-hydroxylation sites is 1. The summed E-state index contributed by atoms with van der Waals surface area (Å²) >= 11 is 0. The van der Waals surface area contributed by atoms with Crippen molar-refractivity contribution in [3.63, 3.8) is 0 Å². The second-order valence-corrected chi connectivity index (χ2v) is 6.77. The third-order valence-electron chi connectivity index (χ3n) is 5.31. The first-order valence-corrected chi connectivity index (χ1v) is 8.22. The van der Waals surface area contributed by atoms with E-state index in [9.17, 15) is 5.11 Å². The Morgan fingerprint density at radius 2 is 2.14 bits per heavy atom. The molecule has 3 heterocycles. The summed E-state index contributed by atoms with van der Waals surface area (Å²) in [5.41, 5.74) is 3.31. The molecule has 1 aromatic heterocycles. The van der Waals surface area contributed by atoms with E-state index >= 15 is 0 Å². The van der Waals surface area contributed by atoms with Crippen LogP contribution in [0, 0.1) is 0 Å². The molecule has 0 aliphatic carbocycles. The first-order chi connectivity index (χ1) is 10.1. The maximum atomic E-state index is 10.9. The fourth-order valence-corrected chi connectivity index (χ4v) is 4.44. The number of nitrogens with zero attached hydrogens (tertiary/aromatic N) is 2. The number of hydrogen-bond donors (Lipinski definition) is 1. The number of aliphatic hydroxyl groups is 1. The summed E-state index contributed by atoms with van der Waals surface area (Å²) in [6, 6.07) is 9.07. The van der Waals surface area contributed by atoms with Crippen LogP contribution >= 0.6 is 0 Å². The molecule has 0 spiro atoms. The first kappa shape index (κ1) is 13.4. The molecule has 2 aromatic rings. The Kier molecular flexibility index (Phi) is 2.92.